The van der Waals surface area contributed by atoms with Crippen molar-refractivity contribution >= 4 is 5.78 Å². The van der Waals surface area contributed by atoms with Gasteiger partial charge in [-0.2, -0.15) is 0 Å². The van der Waals surface area contributed by atoms with Gasteiger partial charge in [0.15, 0.2) is 5.78 Å². The highest BCUT2D eigenvalue weighted by Crippen LogP contribution is 2.23. The fraction of sp³-hybridized carbons (Fsp3) is 0.308. The molecule has 1 aromatic carbocycles. The number of ketones is 1. The van der Waals surface area contributed by atoms with Crippen LogP contribution in [-0.2, 0) is 0 Å². The van der Waals surface area contributed by atoms with Gasteiger partial charge in [-0.25, -0.2) is 4.39 Å². The third-order valence-corrected chi connectivity index (χ3v) is 2.91. The molecule has 2 N–H and O–H groups in total. The van der Waals surface area contributed by atoms with Crippen LogP contribution in [0.5, 0.6) is 0 Å². The fourth-order valence-electron chi connectivity index (χ4n) is 2.02. The predicted octanol–water partition coefficient (Wildman–Crippen LogP) is 2.22. The van der Waals surface area contributed by atoms with Gasteiger partial charge in [0.2, 0.25) is 0 Å². The van der Waals surface area contributed by atoms with Gasteiger partial charge in [-0.3, -0.25) is 4.79 Å². The summed E-state index contributed by atoms with van der Waals surface area (Å²) in [4.78, 5) is 12.1. The van der Waals surface area contributed by atoms with Crippen LogP contribution in [0, 0.1) is 18.7 Å². The van der Waals surface area contributed by atoms with Gasteiger partial charge in [0, 0.05) is 17.5 Å². The van der Waals surface area contributed by atoms with E-state index in [1.807, 2.05) is 12.2 Å². The molecule has 0 saturated carbocycles. The first-order valence-electron chi connectivity index (χ1n) is 5.32. The standard InChI is InChI=1S/C13H14FNO/c1-8-6-10(14)3-5-12(8)13(16)9-2-4-11(15)7-9/h2-6,9,11H,7,15H2,1H3. The Labute approximate surface area is 94.0 Å². The first-order chi connectivity index (χ1) is 7.58. The van der Waals surface area contributed by atoms with Gasteiger partial charge in [0.25, 0.3) is 0 Å². The first kappa shape index (κ1) is 11.0. The van der Waals surface area contributed by atoms with Crippen LogP contribution in [0.4, 0.5) is 4.39 Å². The summed E-state index contributed by atoms with van der Waals surface area (Å²) in [6.07, 6.45) is 4.34. The monoisotopic (exact) mass is 219 g/mol. The minimum Gasteiger partial charge on any atom is -0.324 e. The molecule has 0 spiro atoms. The van der Waals surface area contributed by atoms with Crippen molar-refractivity contribution in [1.82, 2.24) is 0 Å². The van der Waals surface area contributed by atoms with E-state index in [4.69, 9.17) is 5.73 Å². The lowest BCUT2D eigenvalue weighted by molar-refractivity contribution is 0.0942. The molecule has 0 bridgehead atoms. The number of carbonyl (C=O) groups excluding carboxylic acids is 1. The maximum absolute atomic E-state index is 12.9. The lowest BCUT2D eigenvalue weighted by Crippen LogP contribution is -2.19. The zero-order valence-corrected chi connectivity index (χ0v) is 9.11. The van der Waals surface area contributed by atoms with Gasteiger partial charge < -0.3 is 5.73 Å². The highest BCUT2D eigenvalue weighted by atomic mass is 19.1. The van der Waals surface area contributed by atoms with E-state index in [9.17, 15) is 9.18 Å². The zero-order valence-electron chi connectivity index (χ0n) is 9.11. The van der Waals surface area contributed by atoms with Crippen LogP contribution < -0.4 is 5.73 Å². The summed E-state index contributed by atoms with van der Waals surface area (Å²) in [6.45, 7) is 1.74. The van der Waals surface area contributed by atoms with Gasteiger partial charge in [-0.15, -0.1) is 0 Å². The number of halogens is 1. The molecule has 0 aromatic heterocycles. The Bertz CT molecular complexity index is 453. The Morgan fingerprint density at radius 1 is 1.44 bits per heavy atom. The van der Waals surface area contributed by atoms with Gasteiger partial charge in [0.1, 0.15) is 5.82 Å². The summed E-state index contributed by atoms with van der Waals surface area (Å²) in [5, 5.41) is 0. The number of nitrogens with two attached hydrogens (primary N) is 1. The number of hydrogen-bond donors (Lipinski definition) is 1. The molecule has 0 radical (unpaired) electrons. The van der Waals surface area contributed by atoms with Crippen LogP contribution in [0.3, 0.4) is 0 Å². The molecule has 1 aliphatic carbocycles. The predicted molar refractivity (Wildman–Crippen MR) is 60.7 cm³/mol. The molecule has 0 amide bonds. The minimum absolute atomic E-state index is 0.0294. The molecule has 2 atom stereocenters. The second kappa shape index (κ2) is 4.18. The first-order valence-corrected chi connectivity index (χ1v) is 5.32. The Kier molecular flexibility index (Phi) is 2.88. The topological polar surface area (TPSA) is 43.1 Å². The van der Waals surface area contributed by atoms with Crippen molar-refractivity contribution in [3.63, 3.8) is 0 Å². The van der Waals surface area contributed by atoms with Crippen LogP contribution in [0.2, 0.25) is 0 Å². The van der Waals surface area contributed by atoms with Crippen molar-refractivity contribution in [2.45, 2.75) is 19.4 Å². The average molecular weight is 219 g/mol. The van der Waals surface area contributed by atoms with Crippen LogP contribution in [0.25, 0.3) is 0 Å². The largest absolute Gasteiger partial charge is 0.324 e. The normalized spacial score (nSPS) is 23.7. The van der Waals surface area contributed by atoms with Crippen molar-refractivity contribution in [1.29, 1.82) is 0 Å². The Hall–Kier alpha value is -1.48. The summed E-state index contributed by atoms with van der Waals surface area (Å²) in [6, 6.07) is 4.21. The summed E-state index contributed by atoms with van der Waals surface area (Å²) in [7, 11) is 0. The molecule has 2 nitrogen and oxygen atoms in total. The van der Waals surface area contributed by atoms with Gasteiger partial charge in [-0.05, 0) is 37.1 Å². The molecule has 2 unspecified atom stereocenters. The van der Waals surface area contributed by atoms with Crippen LogP contribution in [-0.4, -0.2) is 11.8 Å². The Morgan fingerprint density at radius 3 is 2.75 bits per heavy atom. The third kappa shape index (κ3) is 2.04. The molecule has 0 saturated heterocycles. The molecule has 1 aliphatic rings. The number of allylic oxidation sites excluding steroid dienone is 1. The Morgan fingerprint density at radius 2 is 2.19 bits per heavy atom. The van der Waals surface area contributed by atoms with Gasteiger partial charge in [0.05, 0.1) is 0 Å². The van der Waals surface area contributed by atoms with E-state index in [0.717, 1.165) is 0 Å². The van der Waals surface area contributed by atoms with Crippen LogP contribution in [0.15, 0.2) is 30.4 Å². The van der Waals surface area contributed by atoms with E-state index in [1.54, 1.807) is 13.0 Å². The van der Waals surface area contributed by atoms with Gasteiger partial charge in [-0.1, -0.05) is 12.2 Å². The lowest BCUT2D eigenvalue weighted by Gasteiger charge is -2.10. The number of rotatable bonds is 2. The average Bonchev–Trinajstić information content (AvgIpc) is 2.64. The minimum atomic E-state index is -0.312. The summed E-state index contributed by atoms with van der Waals surface area (Å²) in [5.74, 6) is -0.437. The van der Waals surface area contributed by atoms with E-state index in [-0.39, 0.29) is 23.6 Å². The SMILES string of the molecule is Cc1cc(F)ccc1C(=O)C1C=CC(N)C1. The Balaban J connectivity index is 2.24. The molecule has 0 fully saturated rings. The smallest absolute Gasteiger partial charge is 0.170 e. The second-order valence-corrected chi connectivity index (χ2v) is 4.21. The third-order valence-electron chi connectivity index (χ3n) is 2.91. The quantitative estimate of drug-likeness (QED) is 0.612. The van der Waals surface area contributed by atoms with E-state index in [0.29, 0.717) is 17.5 Å². The fourth-order valence-corrected chi connectivity index (χ4v) is 2.02. The van der Waals surface area contributed by atoms with E-state index in [1.165, 1.54) is 12.1 Å². The maximum Gasteiger partial charge on any atom is 0.170 e. The number of hydrogen-bond acceptors (Lipinski definition) is 2. The summed E-state index contributed by atoms with van der Waals surface area (Å²) >= 11 is 0. The number of carbonyl (C=O) groups is 1. The molecule has 2 rings (SSSR count). The van der Waals surface area contributed by atoms with Crippen molar-refractivity contribution < 1.29 is 9.18 Å². The van der Waals surface area contributed by atoms with Crippen LogP contribution in [0.1, 0.15) is 22.3 Å². The molecule has 16 heavy (non-hydrogen) atoms. The summed E-state index contributed by atoms with van der Waals surface area (Å²) < 4.78 is 12.9. The molecular weight excluding hydrogens is 205 g/mol. The van der Waals surface area contributed by atoms with E-state index >= 15 is 0 Å². The molecule has 0 aliphatic heterocycles. The number of aryl methyl sites for hydroxylation is 1. The van der Waals surface area contributed by atoms with E-state index < -0.39 is 0 Å². The van der Waals surface area contributed by atoms with Crippen molar-refractivity contribution in [3.05, 3.63) is 47.3 Å². The number of benzene rings is 1. The van der Waals surface area contributed by atoms with Crippen LogP contribution >= 0.6 is 0 Å². The van der Waals surface area contributed by atoms with Crippen molar-refractivity contribution in [2.24, 2.45) is 11.7 Å². The molecule has 84 valence electrons. The highest BCUT2D eigenvalue weighted by Gasteiger charge is 2.24. The molecule has 0 heterocycles. The molecule has 1 aromatic rings. The molecule has 3 heteroatoms. The maximum atomic E-state index is 12.9. The second-order valence-electron chi connectivity index (χ2n) is 4.21. The van der Waals surface area contributed by atoms with E-state index in [2.05, 4.69) is 0 Å². The lowest BCUT2D eigenvalue weighted by atomic mass is 9.93. The van der Waals surface area contributed by atoms with Crippen molar-refractivity contribution in [2.75, 3.05) is 0 Å². The van der Waals surface area contributed by atoms with Gasteiger partial charge >= 0.3 is 0 Å². The number of Topliss-reactive ketones (excluding diaryl/α,β-unsaturated/α-hetero) is 1. The highest BCUT2D eigenvalue weighted by molar-refractivity contribution is 6.00. The summed E-state index contributed by atoms with van der Waals surface area (Å²) in [5.41, 5.74) is 6.97. The zero-order chi connectivity index (χ0) is 11.7. The molecular formula is C13H14FNO. The van der Waals surface area contributed by atoms with Crippen molar-refractivity contribution in [3.8, 4) is 0 Å².